The lowest BCUT2D eigenvalue weighted by Gasteiger charge is -2.34. The van der Waals surface area contributed by atoms with Crippen molar-refractivity contribution in [3.05, 3.63) is 138 Å². The van der Waals surface area contributed by atoms with Gasteiger partial charge in [-0.1, -0.05) is 51.7 Å². The van der Waals surface area contributed by atoms with Crippen LogP contribution in [-0.2, 0) is 19.1 Å². The first-order chi connectivity index (χ1) is 45.5. The number of piperidine rings is 1. The molecule has 0 bridgehead atoms. The highest BCUT2D eigenvalue weighted by Crippen LogP contribution is 2.41. The number of benzene rings is 4. The zero-order valence-electron chi connectivity index (χ0n) is 55.9. The molecule has 5 heterocycles. The van der Waals surface area contributed by atoms with Gasteiger partial charge in [-0.15, -0.1) is 12.4 Å². The molecule has 4 aromatic heterocycles. The van der Waals surface area contributed by atoms with Crippen LogP contribution < -0.4 is 30.3 Å². The number of fused-ring (bicyclic) bond motifs is 2. The van der Waals surface area contributed by atoms with E-state index in [4.69, 9.17) is 35.7 Å². The van der Waals surface area contributed by atoms with Crippen molar-refractivity contribution < 1.29 is 51.7 Å². The fourth-order valence-electron chi connectivity index (χ4n) is 11.6. The maximum Gasteiger partial charge on any atom is 0.307 e. The third-order valence-electron chi connectivity index (χ3n) is 16.2. The summed E-state index contributed by atoms with van der Waals surface area (Å²) in [6, 6.07) is 15.6. The van der Waals surface area contributed by atoms with E-state index in [1.165, 1.54) is 82.9 Å². The van der Waals surface area contributed by atoms with Gasteiger partial charge in [-0.25, -0.2) is 38.7 Å². The number of nitro benzene ring substituents is 1. The van der Waals surface area contributed by atoms with Crippen LogP contribution in [0, 0.1) is 41.4 Å². The number of amides is 1. The number of aliphatic hydroxyl groups excluding tert-OH is 1. The molecule has 22 nitrogen and oxygen atoms in total. The Morgan fingerprint density at radius 3 is 1.49 bits per heavy atom. The molecule has 8 aromatic rings. The number of aliphatic hydroxyl groups is 1. The number of hydrogen-bond acceptors (Lipinski definition) is 18. The van der Waals surface area contributed by atoms with Gasteiger partial charge in [-0.2, -0.15) is 4.39 Å². The molecule has 3 aliphatic rings. The fraction of sp³-hybridized carbons (Fsp3) is 0.420. The number of aromatic nitrogens is 8. The number of hydrogen-bond donors (Lipinski definition) is 4. The van der Waals surface area contributed by atoms with E-state index < -0.39 is 33.3 Å². The molecule has 1 amide bonds. The maximum atomic E-state index is 15.1. The second kappa shape index (κ2) is 36.4. The molecule has 4 N–H and O–H groups in total. The second-order valence-corrected chi connectivity index (χ2v) is 23.8. The van der Waals surface area contributed by atoms with E-state index in [9.17, 15) is 28.5 Å². The summed E-state index contributed by atoms with van der Waals surface area (Å²) in [7, 11) is 6.43. The highest BCUT2D eigenvalue weighted by Gasteiger charge is 2.26. The molecule has 0 spiro atoms. The standard InChI is InChI=1S/C31H36FN7O3.C22H20F2N6O3.C7H14O.C6H12O.C3H3ClO.ClH/c1-7-29(40)35-24-16-25(28(42-6)17-26(24)38-12-9-21(41-5)10-13-38)37-31-33-11-8-23(36-31)20-14-22(32)30-27(15-20)39(18(2)3)19(4)34-30;1-11(2)29-12(3)26-21-15(24)7-13(8-19(21)29)16-5-6-25-22(27-16)28-17-10-18(30(31)32)14(23)9-20(17)33-4;1-8-7-5-3-2-4-6-7;7-6-4-2-1-3-5-6;1-2-3(4)5;/h7-8,11,14-18,21H,1,9-10,12-13H2,2-6H3,(H,35,40)(H,33,36,37);5-11H,1-4H3,(H,25,27,28);7H,2-6H2,1H3;6-7H,1-5H2;2H,1H2;1H. The van der Waals surface area contributed by atoms with Gasteiger partial charge in [0.2, 0.25) is 28.9 Å². The van der Waals surface area contributed by atoms with Crippen LogP contribution in [0.15, 0.2) is 98.4 Å². The molecule has 0 radical (unpaired) electrons. The first-order valence-electron chi connectivity index (χ1n) is 31.6. The summed E-state index contributed by atoms with van der Waals surface area (Å²) in [5.41, 5.74) is 5.40. The molecule has 2 saturated carbocycles. The number of carbonyl (C=O) groups is 2. The number of ether oxygens (including phenoxy) is 4. The molecule has 27 heteroatoms. The topological polar surface area (TPSA) is 261 Å². The molecule has 96 heavy (non-hydrogen) atoms. The monoisotopic (exact) mass is 1370 g/mol. The van der Waals surface area contributed by atoms with Crippen LogP contribution in [0.25, 0.3) is 44.6 Å². The van der Waals surface area contributed by atoms with Crippen molar-refractivity contribution in [3.8, 4) is 34.0 Å². The van der Waals surface area contributed by atoms with Crippen molar-refractivity contribution in [1.82, 2.24) is 39.0 Å². The number of methoxy groups -OCH3 is 4. The van der Waals surface area contributed by atoms with E-state index in [0.717, 1.165) is 68.5 Å². The highest BCUT2D eigenvalue weighted by molar-refractivity contribution is 6.66. The quantitative estimate of drug-likeness (QED) is 0.0286. The number of allylic oxidation sites excluding steroid dienone is 1. The Morgan fingerprint density at radius 2 is 1.09 bits per heavy atom. The molecule has 2 aliphatic carbocycles. The van der Waals surface area contributed by atoms with Crippen molar-refractivity contribution in [3.63, 3.8) is 0 Å². The van der Waals surface area contributed by atoms with Gasteiger partial charge in [0.05, 0.1) is 82.6 Å². The van der Waals surface area contributed by atoms with Crippen LogP contribution in [0.1, 0.15) is 128 Å². The largest absolute Gasteiger partial charge is 0.494 e. The Balaban J connectivity index is 0.000000236. The molecule has 516 valence electrons. The van der Waals surface area contributed by atoms with Gasteiger partial charge >= 0.3 is 5.69 Å². The molecular weight excluding hydrogens is 1280 g/mol. The molecule has 4 aromatic carbocycles. The first kappa shape index (κ1) is 76.3. The Morgan fingerprint density at radius 1 is 0.646 bits per heavy atom. The number of halogens is 5. The Labute approximate surface area is 568 Å². The molecule has 3 fully saturated rings. The number of nitrogens with zero attached hydrogens (tertiary/aromatic N) is 10. The molecule has 0 unspecified atom stereocenters. The Kier molecular flexibility index (Phi) is 28.9. The Bertz CT molecular complexity index is 3960. The smallest absolute Gasteiger partial charge is 0.307 e. The average Bonchev–Trinajstić information content (AvgIpc) is 1.61. The third-order valence-corrected chi connectivity index (χ3v) is 16.4. The van der Waals surface area contributed by atoms with Gasteiger partial charge in [0.15, 0.2) is 11.6 Å². The summed E-state index contributed by atoms with van der Waals surface area (Å²) < 4.78 is 69.4. The van der Waals surface area contributed by atoms with Gasteiger partial charge in [-0.05, 0) is 146 Å². The lowest BCUT2D eigenvalue weighted by atomic mass is 9.98. The number of anilines is 6. The number of aryl methyl sites for hydroxylation is 2. The molecule has 1 saturated heterocycles. The van der Waals surface area contributed by atoms with Crippen LogP contribution in [0.3, 0.4) is 0 Å². The number of carbonyl (C=O) groups excluding carboxylic acids is 2. The van der Waals surface area contributed by atoms with Crippen molar-refractivity contribution in [1.29, 1.82) is 0 Å². The minimum atomic E-state index is -1.03. The van der Waals surface area contributed by atoms with Gasteiger partial charge < -0.3 is 54.0 Å². The van der Waals surface area contributed by atoms with Gasteiger partial charge in [0, 0.05) is 81.1 Å². The zero-order chi connectivity index (χ0) is 69.0. The molecule has 11 rings (SSSR count). The van der Waals surface area contributed by atoms with Gasteiger partial charge in [0.25, 0.3) is 0 Å². The van der Waals surface area contributed by atoms with Crippen LogP contribution in [0.4, 0.5) is 53.5 Å². The van der Waals surface area contributed by atoms with E-state index in [1.54, 1.807) is 44.7 Å². The van der Waals surface area contributed by atoms with Crippen molar-refractivity contribution in [2.45, 2.75) is 149 Å². The number of nitro groups is 1. The third kappa shape index (κ3) is 20.2. The van der Waals surface area contributed by atoms with Crippen molar-refractivity contribution >= 4 is 97.6 Å². The lowest BCUT2D eigenvalue weighted by Crippen LogP contribution is -2.37. The molecular formula is C69H86Cl2F3N13O9. The predicted molar refractivity (Wildman–Crippen MR) is 373 cm³/mol. The summed E-state index contributed by atoms with van der Waals surface area (Å²) in [4.78, 5) is 60.6. The van der Waals surface area contributed by atoms with Crippen molar-refractivity contribution in [2.75, 3.05) is 62.4 Å². The first-order valence-corrected chi connectivity index (χ1v) is 31.9. The van der Waals surface area contributed by atoms with Gasteiger partial charge in [0.1, 0.15) is 34.2 Å². The average molecular weight is 1370 g/mol. The van der Waals surface area contributed by atoms with E-state index in [1.807, 2.05) is 69.9 Å². The Hall–Kier alpha value is -8.75. The number of nitrogens with one attached hydrogen (secondary N) is 3. The molecule has 0 atom stereocenters. The number of imidazole rings is 2. The van der Waals surface area contributed by atoms with Crippen LogP contribution in [-0.4, -0.2) is 120 Å². The number of rotatable bonds is 17. The second-order valence-electron chi connectivity index (χ2n) is 23.4. The fourth-order valence-corrected chi connectivity index (χ4v) is 11.6. The van der Waals surface area contributed by atoms with E-state index in [2.05, 4.69) is 63.9 Å². The van der Waals surface area contributed by atoms with Crippen LogP contribution in [0.2, 0.25) is 0 Å². The van der Waals surface area contributed by atoms with E-state index >= 15 is 4.39 Å². The van der Waals surface area contributed by atoms with Crippen molar-refractivity contribution in [2.24, 2.45) is 0 Å². The maximum absolute atomic E-state index is 15.1. The minimum absolute atomic E-state index is 0. The van der Waals surface area contributed by atoms with Crippen LogP contribution >= 0.6 is 24.0 Å². The van der Waals surface area contributed by atoms with E-state index in [-0.39, 0.29) is 71.5 Å². The summed E-state index contributed by atoms with van der Waals surface area (Å²) in [6.45, 7) is 20.0. The van der Waals surface area contributed by atoms with Crippen LogP contribution in [0.5, 0.6) is 11.5 Å². The summed E-state index contributed by atoms with van der Waals surface area (Å²) >= 11 is 4.71. The van der Waals surface area contributed by atoms with Gasteiger partial charge in [-0.3, -0.25) is 19.7 Å². The SMILES string of the molecule is C=CC(=O)Cl.C=CC(=O)Nc1cc(Nc2nccc(-c3cc(F)c4nc(C)n(C(C)C)c4c3)n2)c(OC)cc1N1CCC(OC)CC1.COC1CCCCC1.COc1cc(F)c([N+](=O)[O-])cc1Nc1nccc(-c2cc(F)c3nc(C)n(C(C)C)c3c2)n1.Cl.OC1CCCCC1. The minimum Gasteiger partial charge on any atom is -0.494 e. The summed E-state index contributed by atoms with van der Waals surface area (Å²) in [5, 5.41) is 28.5. The van der Waals surface area contributed by atoms with E-state index in [0.29, 0.717) is 68.1 Å². The summed E-state index contributed by atoms with van der Waals surface area (Å²) in [6.07, 6.45) is 20.6. The predicted octanol–water partition coefficient (Wildman–Crippen LogP) is 16.0. The summed E-state index contributed by atoms with van der Waals surface area (Å²) in [5.74, 6) is 0.148. The highest BCUT2D eigenvalue weighted by atomic mass is 35.5. The lowest BCUT2D eigenvalue weighted by molar-refractivity contribution is -0.387. The normalized spacial score (nSPS) is 14.1. The molecule has 1 aliphatic heterocycles. The zero-order valence-corrected chi connectivity index (χ0v) is 57.5.